The molecule has 0 aliphatic heterocycles. The molecule has 0 saturated heterocycles. The smallest absolute Gasteiger partial charge is 0.0687 e. The van der Waals surface area contributed by atoms with Gasteiger partial charge in [-0.2, -0.15) is 0 Å². The van der Waals surface area contributed by atoms with E-state index >= 15 is 0 Å². The second kappa shape index (κ2) is 5.83. The van der Waals surface area contributed by atoms with Gasteiger partial charge in [0.2, 0.25) is 0 Å². The Morgan fingerprint density at radius 3 is 2.19 bits per heavy atom. The Kier molecular flexibility index (Phi) is 4.72. The van der Waals surface area contributed by atoms with E-state index in [4.69, 9.17) is 4.99 Å². The molecule has 0 spiro atoms. The number of nitrogens with zero attached hydrogens (tertiary/aromatic N) is 1. The van der Waals surface area contributed by atoms with Crippen molar-refractivity contribution in [3.63, 3.8) is 0 Å². The SMILES string of the molecule is CCCCC(C)=Nc1c(C)cc(C)cc1C. The van der Waals surface area contributed by atoms with Gasteiger partial charge in [-0.05, 0) is 51.7 Å². The van der Waals surface area contributed by atoms with Crippen LogP contribution in [0.3, 0.4) is 0 Å². The van der Waals surface area contributed by atoms with Crippen LogP contribution in [0.1, 0.15) is 49.8 Å². The lowest BCUT2D eigenvalue weighted by molar-refractivity contribution is 0.833. The van der Waals surface area contributed by atoms with Gasteiger partial charge in [0.15, 0.2) is 0 Å². The fraction of sp³-hybridized carbons (Fsp3) is 0.533. The highest BCUT2D eigenvalue weighted by molar-refractivity contribution is 5.85. The van der Waals surface area contributed by atoms with Crippen molar-refractivity contribution in [2.45, 2.75) is 53.9 Å². The van der Waals surface area contributed by atoms with E-state index in [1.54, 1.807) is 0 Å². The number of rotatable bonds is 4. The van der Waals surface area contributed by atoms with Gasteiger partial charge in [0.1, 0.15) is 0 Å². The molecule has 0 N–H and O–H groups in total. The standard InChI is InChI=1S/C15H23N/c1-6-7-8-14(5)16-15-12(3)9-11(2)10-13(15)4/h9-10H,6-8H2,1-5H3. The van der Waals surface area contributed by atoms with Crippen LogP contribution in [0.25, 0.3) is 0 Å². The summed E-state index contributed by atoms with van der Waals surface area (Å²) >= 11 is 0. The van der Waals surface area contributed by atoms with Crippen LogP contribution < -0.4 is 0 Å². The molecule has 88 valence electrons. The van der Waals surface area contributed by atoms with Gasteiger partial charge >= 0.3 is 0 Å². The molecule has 1 heteroatoms. The average Bonchev–Trinajstić information content (AvgIpc) is 2.20. The minimum atomic E-state index is 1.11. The number of aryl methyl sites for hydroxylation is 3. The zero-order valence-corrected chi connectivity index (χ0v) is 11.2. The number of hydrogen-bond acceptors (Lipinski definition) is 1. The highest BCUT2D eigenvalue weighted by Gasteiger charge is 2.02. The molecule has 16 heavy (non-hydrogen) atoms. The second-order valence-corrected chi connectivity index (χ2v) is 4.70. The Labute approximate surface area is 99.6 Å². The second-order valence-electron chi connectivity index (χ2n) is 4.70. The lowest BCUT2D eigenvalue weighted by Gasteiger charge is -2.08. The van der Waals surface area contributed by atoms with Crippen LogP contribution in [0.4, 0.5) is 5.69 Å². The first-order chi connectivity index (χ1) is 7.54. The number of hydrogen-bond donors (Lipinski definition) is 0. The Bertz CT molecular complexity index is 365. The first-order valence-electron chi connectivity index (χ1n) is 6.16. The van der Waals surface area contributed by atoms with Crippen molar-refractivity contribution < 1.29 is 0 Å². The van der Waals surface area contributed by atoms with E-state index in [9.17, 15) is 0 Å². The van der Waals surface area contributed by atoms with Crippen LogP contribution in [-0.4, -0.2) is 5.71 Å². The fourth-order valence-corrected chi connectivity index (χ4v) is 2.03. The maximum absolute atomic E-state index is 4.75. The van der Waals surface area contributed by atoms with Crippen molar-refractivity contribution in [3.8, 4) is 0 Å². The normalized spacial score (nSPS) is 11.9. The molecule has 0 bridgehead atoms. The summed E-state index contributed by atoms with van der Waals surface area (Å²) < 4.78 is 0. The summed E-state index contributed by atoms with van der Waals surface area (Å²) in [5, 5.41) is 0. The number of benzene rings is 1. The quantitative estimate of drug-likeness (QED) is 0.636. The van der Waals surface area contributed by atoms with Gasteiger partial charge in [-0.1, -0.05) is 31.0 Å². The van der Waals surface area contributed by atoms with E-state index in [2.05, 4.69) is 46.8 Å². The van der Waals surface area contributed by atoms with Gasteiger partial charge in [0, 0.05) is 5.71 Å². The molecule has 1 aromatic rings. The summed E-state index contributed by atoms with van der Waals surface area (Å²) in [7, 11) is 0. The summed E-state index contributed by atoms with van der Waals surface area (Å²) in [5.74, 6) is 0. The van der Waals surface area contributed by atoms with Crippen LogP contribution in [-0.2, 0) is 0 Å². The largest absolute Gasteiger partial charge is 0.258 e. The van der Waals surface area contributed by atoms with Gasteiger partial charge in [0.25, 0.3) is 0 Å². The monoisotopic (exact) mass is 217 g/mol. The third-order valence-electron chi connectivity index (χ3n) is 2.83. The van der Waals surface area contributed by atoms with Crippen molar-refractivity contribution >= 4 is 11.4 Å². The summed E-state index contributed by atoms with van der Waals surface area (Å²) in [5.41, 5.74) is 6.30. The first kappa shape index (κ1) is 13.0. The minimum Gasteiger partial charge on any atom is -0.258 e. The van der Waals surface area contributed by atoms with Gasteiger partial charge in [-0.3, -0.25) is 4.99 Å². The number of aliphatic imine (C=N–C) groups is 1. The molecule has 1 aromatic carbocycles. The Hall–Kier alpha value is -1.11. The van der Waals surface area contributed by atoms with E-state index in [1.807, 2.05) is 0 Å². The Balaban J connectivity index is 2.96. The summed E-state index contributed by atoms with van der Waals surface area (Å²) in [6, 6.07) is 4.41. The molecule has 0 atom stereocenters. The summed E-state index contributed by atoms with van der Waals surface area (Å²) in [6.07, 6.45) is 3.58. The van der Waals surface area contributed by atoms with E-state index in [-0.39, 0.29) is 0 Å². The van der Waals surface area contributed by atoms with E-state index in [0.717, 1.165) is 6.42 Å². The highest BCUT2D eigenvalue weighted by atomic mass is 14.7. The predicted octanol–water partition coefficient (Wildman–Crippen LogP) is 4.89. The molecular formula is C15H23N. The van der Waals surface area contributed by atoms with Crippen LogP contribution in [0.2, 0.25) is 0 Å². The van der Waals surface area contributed by atoms with Crippen molar-refractivity contribution in [1.29, 1.82) is 0 Å². The van der Waals surface area contributed by atoms with Crippen molar-refractivity contribution in [1.82, 2.24) is 0 Å². The molecule has 0 aromatic heterocycles. The zero-order chi connectivity index (χ0) is 12.1. The molecule has 0 aliphatic carbocycles. The zero-order valence-electron chi connectivity index (χ0n) is 11.2. The van der Waals surface area contributed by atoms with E-state index in [1.165, 1.54) is 40.9 Å². The number of unbranched alkanes of at least 4 members (excludes halogenated alkanes) is 1. The van der Waals surface area contributed by atoms with Gasteiger partial charge in [0.05, 0.1) is 5.69 Å². The van der Waals surface area contributed by atoms with Crippen molar-refractivity contribution in [2.75, 3.05) is 0 Å². The Morgan fingerprint density at radius 1 is 1.12 bits per heavy atom. The molecule has 0 fully saturated rings. The summed E-state index contributed by atoms with van der Waals surface area (Å²) in [4.78, 5) is 4.75. The molecule has 0 unspecified atom stereocenters. The lowest BCUT2D eigenvalue weighted by atomic mass is 10.1. The summed E-state index contributed by atoms with van der Waals surface area (Å²) in [6.45, 7) is 10.8. The van der Waals surface area contributed by atoms with Gasteiger partial charge < -0.3 is 0 Å². The average molecular weight is 217 g/mol. The van der Waals surface area contributed by atoms with Crippen LogP contribution in [0.5, 0.6) is 0 Å². The van der Waals surface area contributed by atoms with E-state index in [0.29, 0.717) is 0 Å². The molecular weight excluding hydrogens is 194 g/mol. The Morgan fingerprint density at radius 2 is 1.69 bits per heavy atom. The lowest BCUT2D eigenvalue weighted by Crippen LogP contribution is -1.92. The van der Waals surface area contributed by atoms with Crippen LogP contribution >= 0.6 is 0 Å². The van der Waals surface area contributed by atoms with Gasteiger partial charge in [-0.15, -0.1) is 0 Å². The molecule has 1 nitrogen and oxygen atoms in total. The first-order valence-corrected chi connectivity index (χ1v) is 6.16. The maximum atomic E-state index is 4.75. The van der Waals surface area contributed by atoms with Crippen molar-refractivity contribution in [3.05, 3.63) is 28.8 Å². The maximum Gasteiger partial charge on any atom is 0.0687 e. The molecule has 1 rings (SSSR count). The topological polar surface area (TPSA) is 12.4 Å². The molecule has 0 heterocycles. The molecule has 0 saturated carbocycles. The van der Waals surface area contributed by atoms with Crippen LogP contribution in [0, 0.1) is 20.8 Å². The molecule has 0 aliphatic rings. The third-order valence-corrected chi connectivity index (χ3v) is 2.83. The minimum absolute atomic E-state index is 1.11. The highest BCUT2D eigenvalue weighted by Crippen LogP contribution is 2.25. The van der Waals surface area contributed by atoms with Crippen molar-refractivity contribution in [2.24, 2.45) is 4.99 Å². The van der Waals surface area contributed by atoms with E-state index < -0.39 is 0 Å². The fourth-order valence-electron chi connectivity index (χ4n) is 2.03. The molecule has 0 radical (unpaired) electrons. The third kappa shape index (κ3) is 3.48. The van der Waals surface area contributed by atoms with Gasteiger partial charge in [-0.25, -0.2) is 0 Å². The predicted molar refractivity (Wildman–Crippen MR) is 72.9 cm³/mol. The van der Waals surface area contributed by atoms with Crippen LogP contribution in [0.15, 0.2) is 17.1 Å². The molecule has 0 amide bonds.